The molecule has 0 bridgehead atoms. The van der Waals surface area contributed by atoms with Crippen LogP contribution in [0.25, 0.3) is 0 Å². The number of carbonyl (C=O) groups is 3. The maximum atomic E-state index is 12.7. The van der Waals surface area contributed by atoms with E-state index in [1.807, 2.05) is 37.3 Å². The van der Waals surface area contributed by atoms with Gasteiger partial charge in [0.25, 0.3) is 5.91 Å². The van der Waals surface area contributed by atoms with E-state index in [-0.39, 0.29) is 30.9 Å². The van der Waals surface area contributed by atoms with Crippen LogP contribution in [0.4, 0.5) is 10.5 Å². The lowest BCUT2D eigenvalue weighted by molar-refractivity contribution is -0.125. The predicted molar refractivity (Wildman–Crippen MR) is 94.2 cm³/mol. The average Bonchev–Trinajstić information content (AvgIpc) is 2.96. The SMILES string of the molecule is CCN(C(=O)c1ccc(CN2C(=O)CNC2=O)cc1)c1ccccc1. The summed E-state index contributed by atoms with van der Waals surface area (Å²) in [6.07, 6.45) is 0. The van der Waals surface area contributed by atoms with Crippen LogP contribution < -0.4 is 10.2 Å². The molecule has 6 nitrogen and oxygen atoms in total. The number of amides is 4. The van der Waals surface area contributed by atoms with Gasteiger partial charge in [0.15, 0.2) is 0 Å². The highest BCUT2D eigenvalue weighted by atomic mass is 16.2. The fraction of sp³-hybridized carbons (Fsp3) is 0.211. The Balaban J connectivity index is 1.74. The Bertz CT molecular complexity index is 771. The maximum Gasteiger partial charge on any atom is 0.324 e. The summed E-state index contributed by atoms with van der Waals surface area (Å²) in [5.41, 5.74) is 2.20. The van der Waals surface area contributed by atoms with Gasteiger partial charge in [-0.1, -0.05) is 30.3 Å². The van der Waals surface area contributed by atoms with E-state index in [0.29, 0.717) is 12.1 Å². The van der Waals surface area contributed by atoms with Crippen LogP contribution in [0.15, 0.2) is 54.6 Å². The summed E-state index contributed by atoms with van der Waals surface area (Å²) in [5.74, 6) is -0.332. The molecule has 0 unspecified atom stereocenters. The van der Waals surface area contributed by atoms with Crippen LogP contribution in [0.3, 0.4) is 0 Å². The van der Waals surface area contributed by atoms with E-state index in [0.717, 1.165) is 11.3 Å². The number of anilines is 1. The number of benzene rings is 2. The summed E-state index contributed by atoms with van der Waals surface area (Å²) in [6.45, 7) is 2.73. The Morgan fingerprint density at radius 1 is 1.08 bits per heavy atom. The third kappa shape index (κ3) is 3.52. The van der Waals surface area contributed by atoms with Gasteiger partial charge in [0.05, 0.1) is 13.1 Å². The zero-order valence-electron chi connectivity index (χ0n) is 13.9. The molecule has 6 heteroatoms. The Kier molecular flexibility index (Phi) is 4.79. The molecule has 2 aromatic carbocycles. The quantitative estimate of drug-likeness (QED) is 0.852. The zero-order chi connectivity index (χ0) is 17.8. The number of rotatable bonds is 5. The topological polar surface area (TPSA) is 69.7 Å². The normalized spacial score (nSPS) is 13.7. The van der Waals surface area contributed by atoms with Gasteiger partial charge in [-0.2, -0.15) is 0 Å². The highest BCUT2D eigenvalue weighted by Crippen LogP contribution is 2.17. The van der Waals surface area contributed by atoms with E-state index < -0.39 is 0 Å². The molecule has 1 aliphatic heterocycles. The van der Waals surface area contributed by atoms with Crippen molar-refractivity contribution in [3.8, 4) is 0 Å². The largest absolute Gasteiger partial charge is 0.329 e. The standard InChI is InChI=1S/C19H19N3O3/c1-2-21(16-6-4-3-5-7-16)18(24)15-10-8-14(9-11-15)13-22-17(23)12-20-19(22)25/h3-11H,2,12-13H2,1H3,(H,20,25). The summed E-state index contributed by atoms with van der Waals surface area (Å²) in [7, 11) is 0. The number of carbonyl (C=O) groups excluding carboxylic acids is 3. The first-order valence-electron chi connectivity index (χ1n) is 8.14. The van der Waals surface area contributed by atoms with E-state index in [9.17, 15) is 14.4 Å². The number of imide groups is 1. The molecule has 128 valence electrons. The van der Waals surface area contributed by atoms with Gasteiger partial charge in [-0.25, -0.2) is 4.79 Å². The molecular weight excluding hydrogens is 318 g/mol. The fourth-order valence-corrected chi connectivity index (χ4v) is 2.76. The number of para-hydroxylation sites is 1. The summed E-state index contributed by atoms with van der Waals surface area (Å²) >= 11 is 0. The van der Waals surface area contributed by atoms with Crippen molar-refractivity contribution in [1.82, 2.24) is 10.2 Å². The van der Waals surface area contributed by atoms with Crippen molar-refractivity contribution < 1.29 is 14.4 Å². The minimum atomic E-state index is -0.383. The van der Waals surface area contributed by atoms with E-state index >= 15 is 0 Å². The minimum absolute atomic E-state index is 0.0396. The first kappa shape index (κ1) is 16.7. The molecule has 25 heavy (non-hydrogen) atoms. The lowest BCUT2D eigenvalue weighted by Crippen LogP contribution is -2.31. The second-order valence-corrected chi connectivity index (χ2v) is 5.72. The first-order valence-corrected chi connectivity index (χ1v) is 8.14. The molecule has 0 radical (unpaired) electrons. The van der Waals surface area contributed by atoms with Gasteiger partial charge in [0.2, 0.25) is 5.91 Å². The zero-order valence-corrected chi connectivity index (χ0v) is 13.9. The maximum absolute atomic E-state index is 12.7. The number of urea groups is 1. The second kappa shape index (κ2) is 7.17. The summed E-state index contributed by atoms with van der Waals surface area (Å²) < 4.78 is 0. The predicted octanol–water partition coefficient (Wildman–Crippen LogP) is 2.41. The molecule has 4 amide bonds. The highest BCUT2D eigenvalue weighted by Gasteiger charge is 2.28. The van der Waals surface area contributed by atoms with Gasteiger partial charge in [-0.3, -0.25) is 14.5 Å². The van der Waals surface area contributed by atoms with Crippen LogP contribution in [0.1, 0.15) is 22.8 Å². The third-order valence-corrected chi connectivity index (χ3v) is 4.11. The molecule has 0 aliphatic carbocycles. The molecule has 1 heterocycles. The Morgan fingerprint density at radius 3 is 2.32 bits per heavy atom. The number of hydrogen-bond donors (Lipinski definition) is 1. The van der Waals surface area contributed by atoms with Gasteiger partial charge >= 0.3 is 6.03 Å². The lowest BCUT2D eigenvalue weighted by atomic mass is 10.1. The molecule has 1 saturated heterocycles. The van der Waals surface area contributed by atoms with Crippen LogP contribution in [0.2, 0.25) is 0 Å². The van der Waals surface area contributed by atoms with E-state index in [1.54, 1.807) is 29.2 Å². The fourth-order valence-electron chi connectivity index (χ4n) is 2.76. The van der Waals surface area contributed by atoms with Crippen molar-refractivity contribution in [2.75, 3.05) is 18.0 Å². The molecule has 3 rings (SSSR count). The number of hydrogen-bond acceptors (Lipinski definition) is 3. The van der Waals surface area contributed by atoms with Gasteiger partial charge in [0.1, 0.15) is 0 Å². The number of nitrogens with zero attached hydrogens (tertiary/aromatic N) is 2. The van der Waals surface area contributed by atoms with Crippen LogP contribution in [0.5, 0.6) is 0 Å². The molecule has 1 N–H and O–H groups in total. The van der Waals surface area contributed by atoms with Gasteiger partial charge in [-0.15, -0.1) is 0 Å². The molecule has 0 spiro atoms. The monoisotopic (exact) mass is 337 g/mol. The van der Waals surface area contributed by atoms with E-state index in [1.165, 1.54) is 4.90 Å². The lowest BCUT2D eigenvalue weighted by Gasteiger charge is -2.21. The van der Waals surface area contributed by atoms with Crippen LogP contribution in [0, 0.1) is 0 Å². The van der Waals surface area contributed by atoms with Crippen molar-refractivity contribution in [2.45, 2.75) is 13.5 Å². The van der Waals surface area contributed by atoms with Crippen LogP contribution >= 0.6 is 0 Å². The third-order valence-electron chi connectivity index (χ3n) is 4.11. The van der Waals surface area contributed by atoms with Crippen LogP contribution in [-0.2, 0) is 11.3 Å². The van der Waals surface area contributed by atoms with Gasteiger partial charge in [0, 0.05) is 17.8 Å². The number of nitrogens with one attached hydrogen (secondary N) is 1. The summed E-state index contributed by atoms with van der Waals surface area (Å²) in [4.78, 5) is 38.8. The van der Waals surface area contributed by atoms with Gasteiger partial charge < -0.3 is 10.2 Å². The van der Waals surface area contributed by atoms with Crippen molar-refractivity contribution in [1.29, 1.82) is 0 Å². The molecule has 0 saturated carbocycles. The summed E-state index contributed by atoms with van der Waals surface area (Å²) in [5, 5.41) is 2.49. The molecule has 0 atom stereocenters. The summed E-state index contributed by atoms with van der Waals surface area (Å²) in [6, 6.07) is 16.1. The van der Waals surface area contributed by atoms with Crippen LogP contribution in [-0.4, -0.2) is 35.8 Å². The van der Waals surface area contributed by atoms with Crippen molar-refractivity contribution in [2.24, 2.45) is 0 Å². The van der Waals surface area contributed by atoms with Crippen molar-refractivity contribution >= 4 is 23.5 Å². The molecule has 1 aliphatic rings. The Hall–Kier alpha value is -3.15. The second-order valence-electron chi connectivity index (χ2n) is 5.72. The van der Waals surface area contributed by atoms with Crippen molar-refractivity contribution in [3.63, 3.8) is 0 Å². The Morgan fingerprint density at radius 2 is 1.76 bits per heavy atom. The first-order chi connectivity index (χ1) is 12.1. The van der Waals surface area contributed by atoms with Gasteiger partial charge in [-0.05, 0) is 36.8 Å². The highest BCUT2D eigenvalue weighted by molar-refractivity contribution is 6.06. The Labute approximate surface area is 146 Å². The van der Waals surface area contributed by atoms with E-state index in [2.05, 4.69) is 5.32 Å². The van der Waals surface area contributed by atoms with E-state index in [4.69, 9.17) is 0 Å². The molecule has 1 fully saturated rings. The molecular formula is C19H19N3O3. The smallest absolute Gasteiger partial charge is 0.324 e. The average molecular weight is 337 g/mol. The molecule has 0 aromatic heterocycles. The molecule has 2 aromatic rings. The minimum Gasteiger partial charge on any atom is -0.329 e. The van der Waals surface area contributed by atoms with Crippen molar-refractivity contribution in [3.05, 3.63) is 65.7 Å².